The fraction of sp³-hybridized carbons (Fsp3) is 0.136. The topological polar surface area (TPSA) is 77.4 Å². The third-order valence-corrected chi connectivity index (χ3v) is 4.64. The SMILES string of the molecule is O=C1CCc2cc(C(=O)COC(=O)c3cccc(-n4cccc4)c3)ccc2N1. The van der Waals surface area contributed by atoms with Crippen LogP contribution in [0.2, 0.25) is 0 Å². The number of aromatic nitrogens is 1. The molecule has 1 aromatic heterocycles. The van der Waals surface area contributed by atoms with Crippen molar-refractivity contribution in [2.75, 3.05) is 11.9 Å². The van der Waals surface area contributed by atoms with Crippen molar-refractivity contribution in [2.24, 2.45) is 0 Å². The Labute approximate surface area is 161 Å². The van der Waals surface area contributed by atoms with Gasteiger partial charge in [-0.15, -0.1) is 0 Å². The molecule has 0 radical (unpaired) electrons. The third-order valence-electron chi connectivity index (χ3n) is 4.64. The normalized spacial score (nSPS) is 12.8. The van der Waals surface area contributed by atoms with Gasteiger partial charge < -0.3 is 14.6 Å². The predicted molar refractivity (Wildman–Crippen MR) is 104 cm³/mol. The molecule has 0 unspecified atom stereocenters. The highest BCUT2D eigenvalue weighted by Gasteiger charge is 2.18. The number of Topliss-reactive ketones (excluding diaryl/α,β-unsaturated/α-hetero) is 1. The lowest BCUT2D eigenvalue weighted by molar-refractivity contribution is -0.116. The van der Waals surface area contributed by atoms with Crippen LogP contribution in [-0.4, -0.2) is 28.8 Å². The Morgan fingerprint density at radius 1 is 0.964 bits per heavy atom. The highest BCUT2D eigenvalue weighted by molar-refractivity contribution is 6.01. The van der Waals surface area contributed by atoms with Gasteiger partial charge >= 0.3 is 5.97 Å². The molecule has 2 heterocycles. The van der Waals surface area contributed by atoms with Gasteiger partial charge in [-0.05, 0) is 60.5 Å². The van der Waals surface area contributed by atoms with Gasteiger partial charge in [-0.25, -0.2) is 4.79 Å². The molecule has 3 aromatic rings. The maximum atomic E-state index is 12.4. The lowest BCUT2D eigenvalue weighted by Crippen LogP contribution is -2.20. The molecule has 1 amide bonds. The van der Waals surface area contributed by atoms with E-state index in [1.807, 2.05) is 35.2 Å². The molecule has 0 spiro atoms. The summed E-state index contributed by atoms with van der Waals surface area (Å²) < 4.78 is 7.09. The van der Waals surface area contributed by atoms with Crippen molar-refractivity contribution in [3.05, 3.63) is 83.7 Å². The second kappa shape index (κ2) is 7.52. The summed E-state index contributed by atoms with van der Waals surface area (Å²) in [4.78, 5) is 36.2. The van der Waals surface area contributed by atoms with Gasteiger partial charge in [0, 0.05) is 35.8 Å². The molecule has 0 aliphatic carbocycles. The zero-order valence-electron chi connectivity index (χ0n) is 15.1. The lowest BCUT2D eigenvalue weighted by Gasteiger charge is -2.17. The molecule has 6 heteroatoms. The zero-order valence-corrected chi connectivity index (χ0v) is 15.1. The number of aryl methyl sites for hydroxylation is 1. The fourth-order valence-electron chi connectivity index (χ4n) is 3.15. The molecule has 0 fully saturated rings. The van der Waals surface area contributed by atoms with Crippen molar-refractivity contribution < 1.29 is 19.1 Å². The summed E-state index contributed by atoms with van der Waals surface area (Å²) in [5, 5.41) is 2.78. The van der Waals surface area contributed by atoms with Crippen molar-refractivity contribution in [1.29, 1.82) is 0 Å². The van der Waals surface area contributed by atoms with Crippen molar-refractivity contribution in [2.45, 2.75) is 12.8 Å². The van der Waals surface area contributed by atoms with Crippen LogP contribution in [0, 0.1) is 0 Å². The van der Waals surface area contributed by atoms with E-state index in [0.29, 0.717) is 24.0 Å². The third kappa shape index (κ3) is 3.71. The molecule has 2 aromatic carbocycles. The Bertz CT molecular complexity index is 1050. The Balaban J connectivity index is 1.42. The molecule has 4 rings (SSSR count). The minimum absolute atomic E-state index is 0.0253. The molecule has 28 heavy (non-hydrogen) atoms. The van der Waals surface area contributed by atoms with Crippen LogP contribution < -0.4 is 5.32 Å². The Morgan fingerprint density at radius 2 is 1.79 bits per heavy atom. The largest absolute Gasteiger partial charge is 0.454 e. The summed E-state index contributed by atoms with van der Waals surface area (Å²) in [6.07, 6.45) is 4.75. The van der Waals surface area contributed by atoms with Crippen LogP contribution in [0.25, 0.3) is 5.69 Å². The van der Waals surface area contributed by atoms with E-state index in [-0.39, 0.29) is 18.3 Å². The van der Waals surface area contributed by atoms with Gasteiger partial charge in [0.05, 0.1) is 5.56 Å². The number of amides is 1. The zero-order chi connectivity index (χ0) is 19.5. The number of carbonyl (C=O) groups excluding carboxylic acids is 3. The van der Waals surface area contributed by atoms with Crippen LogP contribution in [0.1, 0.15) is 32.7 Å². The fourth-order valence-corrected chi connectivity index (χ4v) is 3.15. The number of ketones is 1. The van der Waals surface area contributed by atoms with Gasteiger partial charge in [-0.1, -0.05) is 6.07 Å². The lowest BCUT2D eigenvalue weighted by atomic mass is 9.99. The standard InChI is InChI=1S/C22H18N2O4/c25-20(16-6-8-19-15(12-16)7-9-21(26)23-19)14-28-22(27)17-4-3-5-18(13-17)24-10-1-2-11-24/h1-6,8,10-13H,7,9,14H2,(H,23,26). The van der Waals surface area contributed by atoms with Gasteiger partial charge in [-0.2, -0.15) is 0 Å². The Hall–Kier alpha value is -3.67. The maximum Gasteiger partial charge on any atom is 0.338 e. The van der Waals surface area contributed by atoms with Crippen molar-refractivity contribution in [3.63, 3.8) is 0 Å². The molecule has 1 aliphatic heterocycles. The second-order valence-corrected chi connectivity index (χ2v) is 6.56. The molecule has 1 aliphatic rings. The number of fused-ring (bicyclic) bond motifs is 1. The van der Waals surface area contributed by atoms with E-state index in [1.54, 1.807) is 36.4 Å². The maximum absolute atomic E-state index is 12.4. The molecular weight excluding hydrogens is 356 g/mol. The van der Waals surface area contributed by atoms with Crippen LogP contribution in [0.3, 0.4) is 0 Å². The first-order valence-electron chi connectivity index (χ1n) is 8.97. The van der Waals surface area contributed by atoms with Gasteiger partial charge in [0.1, 0.15) is 0 Å². The summed E-state index contributed by atoms with van der Waals surface area (Å²) in [5.41, 5.74) is 3.32. The first-order chi connectivity index (χ1) is 13.6. The summed E-state index contributed by atoms with van der Waals surface area (Å²) in [5.74, 6) is -0.857. The van der Waals surface area contributed by atoms with Crippen molar-refractivity contribution >= 4 is 23.3 Å². The minimum atomic E-state index is -0.549. The van der Waals surface area contributed by atoms with E-state index in [2.05, 4.69) is 5.32 Å². The van der Waals surface area contributed by atoms with Gasteiger partial charge in [-0.3, -0.25) is 9.59 Å². The number of nitrogens with one attached hydrogen (secondary N) is 1. The molecule has 0 atom stereocenters. The molecule has 0 saturated heterocycles. The van der Waals surface area contributed by atoms with Gasteiger partial charge in [0.25, 0.3) is 0 Å². The van der Waals surface area contributed by atoms with E-state index in [0.717, 1.165) is 16.9 Å². The minimum Gasteiger partial charge on any atom is -0.454 e. The Morgan fingerprint density at radius 3 is 2.61 bits per heavy atom. The van der Waals surface area contributed by atoms with Crippen LogP contribution in [0.5, 0.6) is 0 Å². The molecule has 6 nitrogen and oxygen atoms in total. The van der Waals surface area contributed by atoms with Gasteiger partial charge in [0.2, 0.25) is 5.91 Å². The van der Waals surface area contributed by atoms with E-state index in [4.69, 9.17) is 4.74 Å². The molecule has 140 valence electrons. The highest BCUT2D eigenvalue weighted by Crippen LogP contribution is 2.23. The molecular formula is C22H18N2O4. The number of ether oxygens (including phenoxy) is 1. The smallest absolute Gasteiger partial charge is 0.338 e. The number of benzene rings is 2. The average Bonchev–Trinajstić information content (AvgIpc) is 3.26. The Kier molecular flexibility index (Phi) is 4.76. The quantitative estimate of drug-likeness (QED) is 0.548. The van der Waals surface area contributed by atoms with E-state index < -0.39 is 5.97 Å². The van der Waals surface area contributed by atoms with Crippen LogP contribution >= 0.6 is 0 Å². The van der Waals surface area contributed by atoms with Crippen molar-refractivity contribution in [1.82, 2.24) is 4.57 Å². The summed E-state index contributed by atoms with van der Waals surface area (Å²) in [6.45, 7) is -0.336. The first-order valence-corrected chi connectivity index (χ1v) is 8.97. The number of anilines is 1. The van der Waals surface area contributed by atoms with E-state index in [9.17, 15) is 14.4 Å². The van der Waals surface area contributed by atoms with Gasteiger partial charge in [0.15, 0.2) is 12.4 Å². The van der Waals surface area contributed by atoms with E-state index >= 15 is 0 Å². The number of hydrogen-bond acceptors (Lipinski definition) is 4. The number of rotatable bonds is 5. The van der Waals surface area contributed by atoms with Crippen LogP contribution in [0.15, 0.2) is 67.0 Å². The second-order valence-electron chi connectivity index (χ2n) is 6.56. The van der Waals surface area contributed by atoms with Crippen molar-refractivity contribution in [3.8, 4) is 5.69 Å². The number of nitrogens with zero attached hydrogens (tertiary/aromatic N) is 1. The summed E-state index contributed by atoms with van der Waals surface area (Å²) in [6, 6.07) is 15.9. The predicted octanol–water partition coefficient (Wildman–Crippen LogP) is 3.40. The number of hydrogen-bond donors (Lipinski definition) is 1. The first kappa shape index (κ1) is 17.7. The summed E-state index contributed by atoms with van der Waals surface area (Å²) >= 11 is 0. The summed E-state index contributed by atoms with van der Waals surface area (Å²) in [7, 11) is 0. The molecule has 0 bridgehead atoms. The highest BCUT2D eigenvalue weighted by atomic mass is 16.5. The molecule has 0 saturated carbocycles. The van der Waals surface area contributed by atoms with Crippen LogP contribution in [0.4, 0.5) is 5.69 Å². The average molecular weight is 374 g/mol. The monoisotopic (exact) mass is 374 g/mol. The number of esters is 1. The van der Waals surface area contributed by atoms with E-state index in [1.165, 1.54) is 0 Å². The van der Waals surface area contributed by atoms with Crippen LogP contribution in [-0.2, 0) is 16.0 Å². The number of carbonyl (C=O) groups is 3. The molecule has 1 N–H and O–H groups in total.